The third-order valence-corrected chi connectivity index (χ3v) is 5.09. The van der Waals surface area contributed by atoms with Crippen LogP contribution in [0.15, 0.2) is 42.5 Å². The van der Waals surface area contributed by atoms with Gasteiger partial charge in [-0.2, -0.15) is 5.10 Å². The molecule has 0 spiro atoms. The average molecular weight is 417 g/mol. The minimum atomic E-state index is -4.72. The number of hydrogen-bond donors (Lipinski definition) is 1. The van der Waals surface area contributed by atoms with Gasteiger partial charge in [0.05, 0.1) is 11.4 Å². The summed E-state index contributed by atoms with van der Waals surface area (Å²) in [6.45, 7) is 0.994. The van der Waals surface area contributed by atoms with E-state index < -0.39 is 6.36 Å². The first-order valence-corrected chi connectivity index (χ1v) is 9.60. The summed E-state index contributed by atoms with van der Waals surface area (Å²) in [5.41, 5.74) is 3.42. The maximum Gasteiger partial charge on any atom is 0.573 e. The molecule has 5 rings (SSSR count). The molecule has 0 saturated carbocycles. The Kier molecular flexibility index (Phi) is 4.45. The van der Waals surface area contributed by atoms with Crippen molar-refractivity contribution in [2.24, 2.45) is 0 Å². The Labute approximate surface area is 170 Å². The molecule has 0 radical (unpaired) electrons. The lowest BCUT2D eigenvalue weighted by molar-refractivity contribution is -0.274. The van der Waals surface area contributed by atoms with E-state index in [9.17, 15) is 13.2 Å². The van der Waals surface area contributed by atoms with Gasteiger partial charge in [-0.15, -0.1) is 13.2 Å². The molecule has 2 aliphatic rings. The summed E-state index contributed by atoms with van der Waals surface area (Å²) >= 11 is 0. The van der Waals surface area contributed by atoms with E-state index >= 15 is 0 Å². The normalized spacial score (nSPS) is 15.3. The zero-order valence-corrected chi connectivity index (χ0v) is 15.8. The van der Waals surface area contributed by atoms with Crippen molar-refractivity contribution in [3.8, 4) is 34.2 Å². The molecule has 0 bridgehead atoms. The number of ether oxygens (including phenoxy) is 3. The third-order valence-electron chi connectivity index (χ3n) is 5.09. The van der Waals surface area contributed by atoms with E-state index in [1.165, 1.54) is 12.1 Å². The van der Waals surface area contributed by atoms with E-state index in [1.807, 2.05) is 18.2 Å². The number of anilines is 1. The summed E-state index contributed by atoms with van der Waals surface area (Å²) < 4.78 is 53.9. The standard InChI is InChI=1S/C21H18F3N3O3/c22-21(23,24)30-15-7-5-14(6-8-15)27-20-16(3-1-2-10-25-20)19(26-27)13-4-9-17-18(11-13)29-12-28-17/h4-9,11,25H,1-3,10,12H2. The highest BCUT2D eigenvalue weighted by molar-refractivity contribution is 5.73. The van der Waals surface area contributed by atoms with Crippen LogP contribution in [0, 0.1) is 0 Å². The van der Waals surface area contributed by atoms with Gasteiger partial charge in [-0.3, -0.25) is 0 Å². The summed E-state index contributed by atoms with van der Waals surface area (Å²) in [5.74, 6) is 1.95. The van der Waals surface area contributed by atoms with Crippen LogP contribution < -0.4 is 19.5 Å². The highest BCUT2D eigenvalue weighted by Crippen LogP contribution is 2.39. The fourth-order valence-electron chi connectivity index (χ4n) is 3.75. The molecule has 0 unspecified atom stereocenters. The van der Waals surface area contributed by atoms with Gasteiger partial charge < -0.3 is 19.5 Å². The summed E-state index contributed by atoms with van der Waals surface area (Å²) in [6, 6.07) is 11.4. The molecule has 0 amide bonds. The number of aromatic nitrogens is 2. The van der Waals surface area contributed by atoms with Gasteiger partial charge in [-0.05, 0) is 61.7 Å². The summed E-state index contributed by atoms with van der Waals surface area (Å²) in [5, 5.41) is 8.22. The number of hydrogen-bond acceptors (Lipinski definition) is 5. The van der Waals surface area contributed by atoms with Crippen molar-refractivity contribution in [3.63, 3.8) is 0 Å². The smallest absolute Gasteiger partial charge is 0.454 e. The van der Waals surface area contributed by atoms with E-state index in [1.54, 1.807) is 16.8 Å². The van der Waals surface area contributed by atoms with E-state index in [0.29, 0.717) is 17.2 Å². The first kappa shape index (κ1) is 18.7. The molecule has 6 nitrogen and oxygen atoms in total. The SMILES string of the molecule is FC(F)(F)Oc1ccc(-n2nc(-c3ccc4c(c3)OCO4)c3c2NCCCC3)cc1. The lowest BCUT2D eigenvalue weighted by atomic mass is 10.0. The van der Waals surface area contributed by atoms with Crippen LogP contribution in [0.25, 0.3) is 16.9 Å². The molecule has 2 aliphatic heterocycles. The number of rotatable bonds is 3. The molecule has 1 aromatic heterocycles. The number of fused-ring (bicyclic) bond motifs is 2. The molecular weight excluding hydrogens is 399 g/mol. The van der Waals surface area contributed by atoms with Crippen molar-refractivity contribution in [2.45, 2.75) is 25.6 Å². The van der Waals surface area contributed by atoms with Gasteiger partial charge in [0.2, 0.25) is 6.79 Å². The van der Waals surface area contributed by atoms with Crippen molar-refractivity contribution in [1.82, 2.24) is 9.78 Å². The van der Waals surface area contributed by atoms with Gasteiger partial charge in [-0.25, -0.2) is 4.68 Å². The van der Waals surface area contributed by atoms with Gasteiger partial charge in [-0.1, -0.05) is 0 Å². The van der Waals surface area contributed by atoms with Crippen molar-refractivity contribution < 1.29 is 27.4 Å². The van der Waals surface area contributed by atoms with Gasteiger partial charge in [0, 0.05) is 17.7 Å². The predicted molar refractivity (Wildman–Crippen MR) is 103 cm³/mol. The topological polar surface area (TPSA) is 57.5 Å². The minimum Gasteiger partial charge on any atom is -0.454 e. The molecule has 156 valence electrons. The van der Waals surface area contributed by atoms with Gasteiger partial charge in [0.15, 0.2) is 11.5 Å². The molecule has 1 N–H and O–H groups in total. The van der Waals surface area contributed by atoms with Crippen LogP contribution in [0.4, 0.5) is 19.0 Å². The average Bonchev–Trinajstić information content (AvgIpc) is 3.24. The predicted octanol–water partition coefficient (Wildman–Crippen LogP) is 4.91. The monoisotopic (exact) mass is 417 g/mol. The quantitative estimate of drug-likeness (QED) is 0.656. The van der Waals surface area contributed by atoms with Gasteiger partial charge >= 0.3 is 6.36 Å². The van der Waals surface area contributed by atoms with Gasteiger partial charge in [0.25, 0.3) is 0 Å². The third kappa shape index (κ3) is 3.51. The molecule has 3 aromatic rings. The van der Waals surface area contributed by atoms with Crippen molar-refractivity contribution in [3.05, 3.63) is 48.0 Å². The second kappa shape index (κ2) is 7.16. The minimum absolute atomic E-state index is 0.194. The largest absolute Gasteiger partial charge is 0.573 e. The fourth-order valence-corrected chi connectivity index (χ4v) is 3.75. The molecule has 2 aromatic carbocycles. The van der Waals surface area contributed by atoms with E-state index in [2.05, 4.69) is 10.1 Å². The Balaban J connectivity index is 1.56. The first-order chi connectivity index (χ1) is 14.5. The zero-order valence-electron chi connectivity index (χ0n) is 15.8. The highest BCUT2D eigenvalue weighted by Gasteiger charge is 2.31. The number of nitrogens with zero attached hydrogens (tertiary/aromatic N) is 2. The van der Waals surface area contributed by atoms with E-state index in [0.717, 1.165) is 48.4 Å². The summed E-state index contributed by atoms with van der Waals surface area (Å²) in [6.07, 6.45) is -1.84. The Morgan fingerprint density at radius 3 is 2.60 bits per heavy atom. The summed E-state index contributed by atoms with van der Waals surface area (Å²) in [4.78, 5) is 0. The maximum absolute atomic E-state index is 12.5. The van der Waals surface area contributed by atoms with Crippen molar-refractivity contribution >= 4 is 5.82 Å². The first-order valence-electron chi connectivity index (χ1n) is 9.60. The van der Waals surface area contributed by atoms with Crippen LogP contribution in [0.1, 0.15) is 18.4 Å². The molecule has 0 aliphatic carbocycles. The molecular formula is C21H18F3N3O3. The summed E-state index contributed by atoms with van der Waals surface area (Å²) in [7, 11) is 0. The Morgan fingerprint density at radius 1 is 1.00 bits per heavy atom. The van der Waals surface area contributed by atoms with Crippen LogP contribution in [0.5, 0.6) is 17.2 Å². The number of halogens is 3. The van der Waals surface area contributed by atoms with E-state index in [-0.39, 0.29) is 12.5 Å². The zero-order chi connectivity index (χ0) is 20.7. The van der Waals surface area contributed by atoms with Gasteiger partial charge in [0.1, 0.15) is 11.6 Å². The lowest BCUT2D eigenvalue weighted by Crippen LogP contribution is -2.17. The second-order valence-electron chi connectivity index (χ2n) is 7.08. The number of alkyl halides is 3. The van der Waals surface area contributed by atoms with Crippen molar-refractivity contribution in [2.75, 3.05) is 18.7 Å². The molecule has 0 fully saturated rings. The fraction of sp³-hybridized carbons (Fsp3) is 0.286. The van der Waals surface area contributed by atoms with Crippen LogP contribution in [0.2, 0.25) is 0 Å². The molecule has 0 atom stereocenters. The molecule has 30 heavy (non-hydrogen) atoms. The van der Waals surface area contributed by atoms with Crippen LogP contribution >= 0.6 is 0 Å². The molecule has 0 saturated heterocycles. The van der Waals surface area contributed by atoms with Crippen LogP contribution in [-0.2, 0) is 6.42 Å². The van der Waals surface area contributed by atoms with Crippen LogP contribution in [-0.4, -0.2) is 29.5 Å². The van der Waals surface area contributed by atoms with E-state index in [4.69, 9.17) is 14.6 Å². The molecule has 3 heterocycles. The van der Waals surface area contributed by atoms with Crippen molar-refractivity contribution in [1.29, 1.82) is 0 Å². The van der Waals surface area contributed by atoms with Crippen LogP contribution in [0.3, 0.4) is 0 Å². The Hall–Kier alpha value is -3.36. The highest BCUT2D eigenvalue weighted by atomic mass is 19.4. The second-order valence-corrected chi connectivity index (χ2v) is 7.08. The number of benzene rings is 2. The molecule has 9 heteroatoms. The number of nitrogens with one attached hydrogen (secondary N) is 1. The Morgan fingerprint density at radius 2 is 1.80 bits per heavy atom. The Bertz CT molecular complexity index is 1080. The maximum atomic E-state index is 12.5. The lowest BCUT2D eigenvalue weighted by Gasteiger charge is -2.11.